The third kappa shape index (κ3) is 5.63. The number of carbonyl (C=O) groups is 1. The number of hydrogen-bond acceptors (Lipinski definition) is 2. The third-order valence-electron chi connectivity index (χ3n) is 3.59. The van der Waals surface area contributed by atoms with Gasteiger partial charge in [0.15, 0.2) is 0 Å². The molecule has 0 spiro atoms. The fourth-order valence-electron chi connectivity index (χ4n) is 2.18. The zero-order chi connectivity index (χ0) is 15.0. The number of carboxylic acid groups (broad SMARTS) is 1. The van der Waals surface area contributed by atoms with Crippen molar-refractivity contribution < 1.29 is 9.90 Å². The minimum Gasteiger partial charge on any atom is -0.478 e. The molecule has 1 aromatic carbocycles. The van der Waals surface area contributed by atoms with Crippen molar-refractivity contribution in [3.05, 3.63) is 33.8 Å². The zero-order valence-corrected chi connectivity index (χ0v) is 13.9. The highest BCUT2D eigenvalue weighted by molar-refractivity contribution is 9.10. The summed E-state index contributed by atoms with van der Waals surface area (Å²) in [6.45, 7) is 6.24. The molecule has 3 nitrogen and oxygen atoms in total. The van der Waals surface area contributed by atoms with E-state index in [1.54, 1.807) is 12.1 Å². The van der Waals surface area contributed by atoms with E-state index in [1.165, 1.54) is 25.7 Å². The molecule has 0 aromatic heterocycles. The van der Waals surface area contributed by atoms with Gasteiger partial charge in [0.2, 0.25) is 0 Å². The highest BCUT2D eigenvalue weighted by Gasteiger charge is 2.08. The molecule has 112 valence electrons. The zero-order valence-electron chi connectivity index (χ0n) is 12.3. The summed E-state index contributed by atoms with van der Waals surface area (Å²) in [4.78, 5) is 10.9. The normalized spacial score (nSPS) is 12.3. The van der Waals surface area contributed by atoms with Crippen molar-refractivity contribution in [3.63, 3.8) is 0 Å². The van der Waals surface area contributed by atoms with Crippen LogP contribution in [0.4, 0.5) is 0 Å². The van der Waals surface area contributed by atoms with Crippen molar-refractivity contribution in [1.29, 1.82) is 0 Å². The molecule has 0 fully saturated rings. The van der Waals surface area contributed by atoms with Crippen molar-refractivity contribution in [3.8, 4) is 0 Å². The molecule has 0 aliphatic rings. The van der Waals surface area contributed by atoms with E-state index in [1.807, 2.05) is 6.07 Å². The van der Waals surface area contributed by atoms with Crippen LogP contribution in [0, 0.1) is 5.92 Å². The summed E-state index contributed by atoms with van der Waals surface area (Å²) >= 11 is 3.44. The average molecular weight is 342 g/mol. The maximum absolute atomic E-state index is 10.9. The van der Waals surface area contributed by atoms with Gasteiger partial charge < -0.3 is 10.4 Å². The number of carboxylic acids is 1. The van der Waals surface area contributed by atoms with Gasteiger partial charge >= 0.3 is 5.97 Å². The number of benzene rings is 1. The number of halogens is 1. The first kappa shape index (κ1) is 17.2. The molecular formula is C16H24BrNO2. The summed E-state index contributed by atoms with van der Waals surface area (Å²) in [7, 11) is 0. The van der Waals surface area contributed by atoms with Crippen LogP contribution in [0.25, 0.3) is 0 Å². The van der Waals surface area contributed by atoms with E-state index in [4.69, 9.17) is 5.11 Å². The van der Waals surface area contributed by atoms with Crippen LogP contribution in [0.15, 0.2) is 22.7 Å². The predicted molar refractivity (Wildman–Crippen MR) is 86.1 cm³/mol. The lowest BCUT2D eigenvalue weighted by molar-refractivity contribution is 0.0697. The Kier molecular flexibility index (Phi) is 7.85. The maximum Gasteiger partial charge on any atom is 0.335 e. The van der Waals surface area contributed by atoms with E-state index in [2.05, 4.69) is 35.1 Å². The Morgan fingerprint density at radius 1 is 1.40 bits per heavy atom. The molecular weight excluding hydrogens is 318 g/mol. The predicted octanol–water partition coefficient (Wildman–Crippen LogP) is 4.45. The SMILES string of the molecule is CCCCC(CC)CNCc1ccc(C(=O)O)cc1Br. The van der Waals surface area contributed by atoms with Crippen LogP contribution in [-0.2, 0) is 6.54 Å². The lowest BCUT2D eigenvalue weighted by Crippen LogP contribution is -2.22. The largest absolute Gasteiger partial charge is 0.478 e. The van der Waals surface area contributed by atoms with Crippen molar-refractivity contribution in [2.75, 3.05) is 6.54 Å². The second-order valence-corrected chi connectivity index (χ2v) is 6.01. The molecule has 0 amide bonds. The van der Waals surface area contributed by atoms with Crippen LogP contribution in [0.3, 0.4) is 0 Å². The maximum atomic E-state index is 10.9. The number of aromatic carboxylic acids is 1. The topological polar surface area (TPSA) is 49.3 Å². The van der Waals surface area contributed by atoms with Crippen molar-refractivity contribution in [1.82, 2.24) is 5.32 Å². The second-order valence-electron chi connectivity index (χ2n) is 5.16. The Hall–Kier alpha value is -0.870. The molecule has 20 heavy (non-hydrogen) atoms. The van der Waals surface area contributed by atoms with Gasteiger partial charge in [0.1, 0.15) is 0 Å². The summed E-state index contributed by atoms with van der Waals surface area (Å²) in [5, 5.41) is 12.4. The van der Waals surface area contributed by atoms with Gasteiger partial charge in [0.25, 0.3) is 0 Å². The van der Waals surface area contributed by atoms with Gasteiger partial charge in [0, 0.05) is 11.0 Å². The van der Waals surface area contributed by atoms with Gasteiger partial charge in [-0.1, -0.05) is 55.1 Å². The molecule has 1 aromatic rings. The lowest BCUT2D eigenvalue weighted by Gasteiger charge is -2.15. The summed E-state index contributed by atoms with van der Waals surface area (Å²) < 4.78 is 0.853. The van der Waals surface area contributed by atoms with Crippen LogP contribution in [0.5, 0.6) is 0 Å². The molecule has 0 radical (unpaired) electrons. The number of unbranched alkanes of at least 4 members (excludes halogenated alkanes) is 1. The molecule has 2 N–H and O–H groups in total. The van der Waals surface area contributed by atoms with Gasteiger partial charge in [-0.2, -0.15) is 0 Å². The van der Waals surface area contributed by atoms with E-state index in [0.717, 1.165) is 29.0 Å². The van der Waals surface area contributed by atoms with Crippen LogP contribution in [0.2, 0.25) is 0 Å². The smallest absolute Gasteiger partial charge is 0.335 e. The summed E-state index contributed by atoms with van der Waals surface area (Å²) in [6, 6.07) is 5.18. The summed E-state index contributed by atoms with van der Waals surface area (Å²) in [5.41, 5.74) is 1.41. The second kappa shape index (κ2) is 9.14. The Morgan fingerprint density at radius 3 is 2.70 bits per heavy atom. The average Bonchev–Trinajstić information content (AvgIpc) is 2.43. The van der Waals surface area contributed by atoms with Gasteiger partial charge in [-0.05, 0) is 36.6 Å². The van der Waals surface area contributed by atoms with E-state index < -0.39 is 5.97 Å². The first-order chi connectivity index (χ1) is 9.58. The van der Waals surface area contributed by atoms with E-state index in [-0.39, 0.29) is 0 Å². The highest BCUT2D eigenvalue weighted by Crippen LogP contribution is 2.19. The van der Waals surface area contributed by atoms with E-state index in [9.17, 15) is 4.79 Å². The molecule has 4 heteroatoms. The first-order valence-electron chi connectivity index (χ1n) is 7.30. The molecule has 0 heterocycles. The van der Waals surface area contributed by atoms with E-state index >= 15 is 0 Å². The Bertz CT molecular complexity index is 434. The van der Waals surface area contributed by atoms with Gasteiger partial charge in [-0.15, -0.1) is 0 Å². The Labute approximate surface area is 129 Å². The third-order valence-corrected chi connectivity index (χ3v) is 4.33. The fourth-order valence-corrected chi connectivity index (χ4v) is 2.70. The molecule has 1 rings (SSSR count). The summed E-state index contributed by atoms with van der Waals surface area (Å²) in [6.07, 6.45) is 5.02. The lowest BCUT2D eigenvalue weighted by atomic mass is 9.99. The standard InChI is InChI=1S/C16H24BrNO2/c1-3-5-6-12(4-2)10-18-11-14-8-7-13(16(19)20)9-15(14)17/h7-9,12,18H,3-6,10-11H2,1-2H3,(H,19,20). The molecule has 1 unspecified atom stereocenters. The highest BCUT2D eigenvalue weighted by atomic mass is 79.9. The van der Waals surface area contributed by atoms with Crippen molar-refractivity contribution in [2.24, 2.45) is 5.92 Å². The molecule has 0 saturated heterocycles. The van der Waals surface area contributed by atoms with Gasteiger partial charge in [0.05, 0.1) is 5.56 Å². The molecule has 0 bridgehead atoms. The van der Waals surface area contributed by atoms with Crippen LogP contribution in [0.1, 0.15) is 55.5 Å². The number of nitrogens with one attached hydrogen (secondary N) is 1. The molecule has 1 atom stereocenters. The molecule has 0 aliphatic carbocycles. The van der Waals surface area contributed by atoms with Gasteiger partial charge in [-0.25, -0.2) is 4.79 Å². The van der Waals surface area contributed by atoms with Crippen molar-refractivity contribution in [2.45, 2.75) is 46.1 Å². The molecule has 0 aliphatic heterocycles. The minimum absolute atomic E-state index is 0.315. The van der Waals surface area contributed by atoms with Crippen molar-refractivity contribution >= 4 is 21.9 Å². The monoisotopic (exact) mass is 341 g/mol. The quantitative estimate of drug-likeness (QED) is 0.697. The van der Waals surface area contributed by atoms with Gasteiger partial charge in [-0.3, -0.25) is 0 Å². The summed E-state index contributed by atoms with van der Waals surface area (Å²) in [5.74, 6) is -0.164. The number of hydrogen-bond donors (Lipinski definition) is 2. The van der Waals surface area contributed by atoms with Crippen LogP contribution >= 0.6 is 15.9 Å². The van der Waals surface area contributed by atoms with E-state index in [0.29, 0.717) is 5.56 Å². The number of rotatable bonds is 9. The van der Waals surface area contributed by atoms with Crippen LogP contribution in [-0.4, -0.2) is 17.6 Å². The fraction of sp³-hybridized carbons (Fsp3) is 0.562. The Morgan fingerprint density at radius 2 is 2.15 bits per heavy atom. The first-order valence-corrected chi connectivity index (χ1v) is 8.10. The minimum atomic E-state index is -0.893. The Balaban J connectivity index is 2.47. The van der Waals surface area contributed by atoms with Crippen LogP contribution < -0.4 is 5.32 Å². The molecule has 0 saturated carbocycles.